The van der Waals surface area contributed by atoms with Crippen LogP contribution in [0.25, 0.3) is 0 Å². The van der Waals surface area contributed by atoms with Crippen LogP contribution in [0.5, 0.6) is 11.5 Å². The third-order valence-electron chi connectivity index (χ3n) is 4.41. The molecule has 3 rings (SSSR count). The summed E-state index contributed by atoms with van der Waals surface area (Å²) in [4.78, 5) is 15.3. The molecule has 0 atom stereocenters. The number of hydrogen-bond donors (Lipinski definition) is 1. The molecular formula is C22H27N5O2. The van der Waals surface area contributed by atoms with Crippen LogP contribution >= 0.6 is 0 Å². The molecule has 152 valence electrons. The van der Waals surface area contributed by atoms with Gasteiger partial charge in [0.25, 0.3) is 0 Å². The molecule has 29 heavy (non-hydrogen) atoms. The van der Waals surface area contributed by atoms with Gasteiger partial charge in [0.05, 0.1) is 13.7 Å². The molecule has 0 aliphatic carbocycles. The van der Waals surface area contributed by atoms with E-state index in [4.69, 9.17) is 9.47 Å². The van der Waals surface area contributed by atoms with Gasteiger partial charge in [-0.3, -0.25) is 4.98 Å². The van der Waals surface area contributed by atoms with Gasteiger partial charge in [-0.2, -0.15) is 4.98 Å². The molecule has 2 heterocycles. The Morgan fingerprint density at radius 1 is 1.00 bits per heavy atom. The van der Waals surface area contributed by atoms with Gasteiger partial charge in [0.15, 0.2) is 0 Å². The van der Waals surface area contributed by atoms with Crippen molar-refractivity contribution < 1.29 is 9.47 Å². The molecule has 0 amide bonds. The van der Waals surface area contributed by atoms with Crippen molar-refractivity contribution in [2.75, 3.05) is 44.1 Å². The molecule has 0 aliphatic heterocycles. The molecule has 1 N–H and O–H groups in total. The van der Waals surface area contributed by atoms with Crippen LogP contribution in [0, 0.1) is 6.92 Å². The fourth-order valence-corrected chi connectivity index (χ4v) is 2.78. The van der Waals surface area contributed by atoms with Crippen LogP contribution in [-0.4, -0.2) is 48.8 Å². The van der Waals surface area contributed by atoms with E-state index in [1.54, 1.807) is 7.11 Å². The Balaban J connectivity index is 1.50. The van der Waals surface area contributed by atoms with Crippen molar-refractivity contribution in [3.05, 3.63) is 66.1 Å². The van der Waals surface area contributed by atoms with Crippen molar-refractivity contribution in [3.8, 4) is 11.5 Å². The number of methoxy groups -OCH3 is 1. The molecule has 0 aliphatic rings. The highest BCUT2D eigenvalue weighted by Gasteiger charge is 2.08. The maximum atomic E-state index is 5.75. The van der Waals surface area contributed by atoms with Gasteiger partial charge in [0, 0.05) is 37.7 Å². The number of ether oxygens (including phenoxy) is 2. The monoisotopic (exact) mass is 393 g/mol. The average molecular weight is 393 g/mol. The summed E-state index contributed by atoms with van der Waals surface area (Å²) in [6, 6.07) is 13.5. The summed E-state index contributed by atoms with van der Waals surface area (Å²) in [5.74, 6) is 3.12. The van der Waals surface area contributed by atoms with Crippen molar-refractivity contribution in [2.45, 2.75) is 13.3 Å². The zero-order valence-corrected chi connectivity index (χ0v) is 17.1. The number of aromatic nitrogens is 3. The molecule has 7 heteroatoms. The molecule has 0 unspecified atom stereocenters. The summed E-state index contributed by atoms with van der Waals surface area (Å²) in [6.07, 6.45) is 4.54. The van der Waals surface area contributed by atoms with Crippen molar-refractivity contribution >= 4 is 11.8 Å². The fraction of sp³-hybridized carbons (Fsp3) is 0.318. The van der Waals surface area contributed by atoms with Crippen LogP contribution in [0.2, 0.25) is 0 Å². The number of aryl methyl sites for hydroxylation is 1. The maximum Gasteiger partial charge on any atom is 0.227 e. The summed E-state index contributed by atoms with van der Waals surface area (Å²) in [5.41, 5.74) is 2.16. The first-order valence-electron chi connectivity index (χ1n) is 9.60. The van der Waals surface area contributed by atoms with Crippen LogP contribution in [0.3, 0.4) is 0 Å². The summed E-state index contributed by atoms with van der Waals surface area (Å²) in [5, 5.41) is 3.31. The molecule has 0 bridgehead atoms. The highest BCUT2D eigenvalue weighted by atomic mass is 16.5. The molecule has 0 spiro atoms. The maximum absolute atomic E-state index is 5.75. The Kier molecular flexibility index (Phi) is 7.22. The minimum absolute atomic E-state index is 0.530. The minimum Gasteiger partial charge on any atom is -0.497 e. The van der Waals surface area contributed by atoms with Gasteiger partial charge in [-0.1, -0.05) is 0 Å². The zero-order chi connectivity index (χ0) is 20.5. The molecule has 0 fully saturated rings. The molecule has 0 saturated heterocycles. The van der Waals surface area contributed by atoms with Crippen LogP contribution in [0.15, 0.2) is 54.9 Å². The number of hydrogen-bond acceptors (Lipinski definition) is 7. The lowest BCUT2D eigenvalue weighted by molar-refractivity contribution is 0.331. The van der Waals surface area contributed by atoms with E-state index in [1.165, 1.54) is 5.56 Å². The van der Waals surface area contributed by atoms with E-state index in [0.717, 1.165) is 36.0 Å². The standard InChI is InChI=1S/C22H27N5O2/c1-17-16-21(24-13-15-29-20-6-4-19(28-3)5-7-20)26-22(25-17)27(2)14-10-18-8-11-23-12-9-18/h4-9,11-12,16H,10,13-15H2,1-3H3,(H,24,25,26). The lowest BCUT2D eigenvalue weighted by Gasteiger charge is -2.18. The second-order valence-corrected chi connectivity index (χ2v) is 6.67. The first kappa shape index (κ1) is 20.4. The predicted octanol–water partition coefficient (Wildman–Crippen LogP) is 3.36. The van der Waals surface area contributed by atoms with E-state index in [0.29, 0.717) is 19.1 Å². The SMILES string of the molecule is COc1ccc(OCCNc2cc(C)nc(N(C)CCc3ccncc3)n2)cc1. The average Bonchev–Trinajstić information content (AvgIpc) is 2.76. The number of rotatable bonds is 10. The largest absolute Gasteiger partial charge is 0.497 e. The molecule has 1 aromatic carbocycles. The lowest BCUT2D eigenvalue weighted by Crippen LogP contribution is -2.23. The van der Waals surface area contributed by atoms with Gasteiger partial charge in [-0.15, -0.1) is 0 Å². The summed E-state index contributed by atoms with van der Waals surface area (Å²) in [7, 11) is 3.65. The van der Waals surface area contributed by atoms with Gasteiger partial charge < -0.3 is 19.7 Å². The van der Waals surface area contributed by atoms with Gasteiger partial charge in [-0.05, 0) is 55.3 Å². The van der Waals surface area contributed by atoms with Crippen LogP contribution in [0.1, 0.15) is 11.3 Å². The molecule has 3 aromatic rings. The van der Waals surface area contributed by atoms with Crippen LogP contribution < -0.4 is 19.7 Å². The van der Waals surface area contributed by atoms with Crippen molar-refractivity contribution in [1.29, 1.82) is 0 Å². The molecule has 7 nitrogen and oxygen atoms in total. The van der Waals surface area contributed by atoms with Crippen molar-refractivity contribution in [3.63, 3.8) is 0 Å². The Bertz CT molecular complexity index is 887. The normalized spacial score (nSPS) is 10.4. The minimum atomic E-state index is 0.530. The number of anilines is 2. The van der Waals surface area contributed by atoms with E-state index >= 15 is 0 Å². The third kappa shape index (κ3) is 6.34. The van der Waals surface area contributed by atoms with Gasteiger partial charge in [0.2, 0.25) is 5.95 Å². The summed E-state index contributed by atoms with van der Waals surface area (Å²) < 4.78 is 10.9. The topological polar surface area (TPSA) is 72.4 Å². The lowest BCUT2D eigenvalue weighted by atomic mass is 10.2. The molecule has 2 aromatic heterocycles. The predicted molar refractivity (Wildman–Crippen MR) is 115 cm³/mol. The van der Waals surface area contributed by atoms with Gasteiger partial charge in [-0.25, -0.2) is 4.98 Å². The van der Waals surface area contributed by atoms with E-state index in [2.05, 4.69) is 25.2 Å². The fourth-order valence-electron chi connectivity index (χ4n) is 2.78. The molecular weight excluding hydrogens is 366 g/mol. The quantitative estimate of drug-likeness (QED) is 0.530. The Hall–Kier alpha value is -3.35. The Morgan fingerprint density at radius 2 is 1.72 bits per heavy atom. The van der Waals surface area contributed by atoms with Gasteiger partial charge in [0.1, 0.15) is 23.9 Å². The third-order valence-corrected chi connectivity index (χ3v) is 4.41. The second kappa shape index (κ2) is 10.3. The molecule has 0 radical (unpaired) electrons. The number of pyridine rings is 1. The van der Waals surface area contributed by atoms with E-state index < -0.39 is 0 Å². The van der Waals surface area contributed by atoms with Crippen molar-refractivity contribution in [2.24, 2.45) is 0 Å². The highest BCUT2D eigenvalue weighted by Crippen LogP contribution is 2.17. The number of nitrogens with one attached hydrogen (secondary N) is 1. The second-order valence-electron chi connectivity index (χ2n) is 6.67. The molecule has 0 saturated carbocycles. The summed E-state index contributed by atoms with van der Waals surface area (Å²) >= 11 is 0. The number of likely N-dealkylation sites (N-methyl/N-ethyl adjacent to an activating group) is 1. The highest BCUT2D eigenvalue weighted by molar-refractivity contribution is 5.43. The Labute approximate surface area is 171 Å². The number of benzene rings is 1. The van der Waals surface area contributed by atoms with Crippen LogP contribution in [0.4, 0.5) is 11.8 Å². The number of nitrogens with zero attached hydrogens (tertiary/aromatic N) is 4. The van der Waals surface area contributed by atoms with E-state index in [9.17, 15) is 0 Å². The van der Waals surface area contributed by atoms with Gasteiger partial charge >= 0.3 is 0 Å². The van der Waals surface area contributed by atoms with E-state index in [-0.39, 0.29) is 0 Å². The summed E-state index contributed by atoms with van der Waals surface area (Å²) in [6.45, 7) is 3.97. The first-order valence-corrected chi connectivity index (χ1v) is 9.60. The first-order chi connectivity index (χ1) is 14.1. The van der Waals surface area contributed by atoms with E-state index in [1.807, 2.05) is 68.8 Å². The van der Waals surface area contributed by atoms with Crippen LogP contribution in [-0.2, 0) is 6.42 Å². The van der Waals surface area contributed by atoms with Crippen molar-refractivity contribution in [1.82, 2.24) is 15.0 Å². The zero-order valence-electron chi connectivity index (χ0n) is 17.1. The smallest absolute Gasteiger partial charge is 0.227 e. The Morgan fingerprint density at radius 3 is 2.45 bits per heavy atom.